The lowest BCUT2D eigenvalue weighted by Gasteiger charge is -2.02. The molecule has 0 aliphatic heterocycles. The van der Waals surface area contributed by atoms with Gasteiger partial charge < -0.3 is 5.11 Å². The molecule has 0 atom stereocenters. The maximum absolute atomic E-state index is 10.1. The van der Waals surface area contributed by atoms with E-state index in [1.807, 2.05) is 0 Å². The maximum atomic E-state index is 10.1. The molecule has 0 aromatic carbocycles. The van der Waals surface area contributed by atoms with E-state index in [9.17, 15) is 4.79 Å². The first-order chi connectivity index (χ1) is 6.63. The van der Waals surface area contributed by atoms with Gasteiger partial charge in [0.2, 0.25) is 0 Å². The molecule has 0 unspecified atom stereocenters. The summed E-state index contributed by atoms with van der Waals surface area (Å²) in [6.07, 6.45) is 5.95. The number of unbranched alkanes of at least 4 members (excludes halogenated alkanes) is 3. The summed E-state index contributed by atoms with van der Waals surface area (Å²) in [7, 11) is 0. The predicted octanol–water partition coefficient (Wildman–Crippen LogP) is 3.87. The van der Waals surface area contributed by atoms with Gasteiger partial charge in [-0.15, -0.1) is 13.2 Å². The van der Waals surface area contributed by atoms with Gasteiger partial charge in [0.15, 0.2) is 0 Å². The largest absolute Gasteiger partial charge is 0.481 e. The quantitative estimate of drug-likeness (QED) is 0.500. The summed E-state index contributed by atoms with van der Waals surface area (Å²) >= 11 is 0. The fourth-order valence-electron chi connectivity index (χ4n) is 1.18. The van der Waals surface area contributed by atoms with Crippen LogP contribution in [0.2, 0.25) is 0 Å². The van der Waals surface area contributed by atoms with Crippen LogP contribution in [0.25, 0.3) is 0 Å². The van der Waals surface area contributed by atoms with Crippen molar-refractivity contribution in [3.63, 3.8) is 0 Å². The second kappa shape index (κ2) is 12.2. The van der Waals surface area contributed by atoms with Crippen LogP contribution in [0, 0.1) is 5.92 Å². The molecule has 0 heterocycles. The molecule has 0 spiro atoms. The number of hydrogen-bond acceptors (Lipinski definition) is 1. The molecule has 0 aromatic rings. The molecule has 0 aliphatic rings. The van der Waals surface area contributed by atoms with Crippen molar-refractivity contribution in [2.75, 3.05) is 0 Å². The smallest absolute Gasteiger partial charge is 0.303 e. The first kappa shape index (κ1) is 15.7. The number of carbonyl (C=O) groups is 1. The molecule has 0 bridgehead atoms. The number of carboxylic acids is 1. The van der Waals surface area contributed by atoms with E-state index in [-0.39, 0.29) is 0 Å². The standard InChI is InChI=1S/C10H20O2.C2H4/c1-9(2)7-5-3-4-6-8-10(11)12;1-2/h9H,3-8H2,1-2H3,(H,11,12);1-2H2. The lowest BCUT2D eigenvalue weighted by atomic mass is 10.0. The zero-order chi connectivity index (χ0) is 11.4. The Balaban J connectivity index is 0. The third kappa shape index (κ3) is 17.3. The second-order valence-electron chi connectivity index (χ2n) is 3.74. The number of aliphatic carboxylic acids is 1. The topological polar surface area (TPSA) is 37.3 Å². The highest BCUT2D eigenvalue weighted by atomic mass is 16.4. The minimum Gasteiger partial charge on any atom is -0.481 e. The Morgan fingerprint density at radius 3 is 2.07 bits per heavy atom. The Morgan fingerprint density at radius 1 is 1.14 bits per heavy atom. The van der Waals surface area contributed by atoms with Crippen molar-refractivity contribution in [3.05, 3.63) is 13.2 Å². The Kier molecular flexibility index (Phi) is 13.7. The SMILES string of the molecule is C=C.CC(C)CCCCCCC(=O)O. The third-order valence-corrected chi connectivity index (χ3v) is 1.92. The lowest BCUT2D eigenvalue weighted by Crippen LogP contribution is -1.94. The van der Waals surface area contributed by atoms with Gasteiger partial charge in [-0.05, 0) is 12.3 Å². The van der Waals surface area contributed by atoms with Crippen LogP contribution in [-0.4, -0.2) is 11.1 Å². The predicted molar refractivity (Wildman–Crippen MR) is 61.4 cm³/mol. The molecule has 0 rings (SSSR count). The van der Waals surface area contributed by atoms with Crippen LogP contribution < -0.4 is 0 Å². The molecule has 0 aliphatic carbocycles. The van der Waals surface area contributed by atoms with Crippen LogP contribution in [0.1, 0.15) is 52.4 Å². The van der Waals surface area contributed by atoms with Crippen LogP contribution in [0.3, 0.4) is 0 Å². The van der Waals surface area contributed by atoms with Gasteiger partial charge in [-0.25, -0.2) is 0 Å². The first-order valence-electron chi connectivity index (χ1n) is 5.34. The Morgan fingerprint density at radius 2 is 1.64 bits per heavy atom. The van der Waals surface area contributed by atoms with E-state index in [1.54, 1.807) is 0 Å². The monoisotopic (exact) mass is 200 g/mol. The summed E-state index contributed by atoms with van der Waals surface area (Å²) in [6, 6.07) is 0. The molecule has 1 N–H and O–H groups in total. The van der Waals surface area contributed by atoms with Crippen LogP contribution in [-0.2, 0) is 4.79 Å². The molecule has 84 valence electrons. The zero-order valence-corrected chi connectivity index (χ0v) is 9.59. The summed E-state index contributed by atoms with van der Waals surface area (Å²) in [5.41, 5.74) is 0. The van der Waals surface area contributed by atoms with E-state index >= 15 is 0 Å². The zero-order valence-electron chi connectivity index (χ0n) is 9.59. The van der Waals surface area contributed by atoms with Gasteiger partial charge in [0.25, 0.3) is 0 Å². The van der Waals surface area contributed by atoms with Crippen molar-refractivity contribution in [3.8, 4) is 0 Å². The molecule has 0 saturated carbocycles. The molecule has 14 heavy (non-hydrogen) atoms. The average molecular weight is 200 g/mol. The second-order valence-corrected chi connectivity index (χ2v) is 3.74. The normalized spacial score (nSPS) is 9.36. The van der Waals surface area contributed by atoms with Gasteiger partial charge in [-0.1, -0.05) is 39.5 Å². The molecular formula is C12H24O2. The van der Waals surface area contributed by atoms with Crippen molar-refractivity contribution < 1.29 is 9.90 Å². The summed E-state index contributed by atoms with van der Waals surface area (Å²) in [4.78, 5) is 10.1. The summed E-state index contributed by atoms with van der Waals surface area (Å²) < 4.78 is 0. The fourth-order valence-corrected chi connectivity index (χ4v) is 1.18. The van der Waals surface area contributed by atoms with Crippen LogP contribution in [0.4, 0.5) is 0 Å². The van der Waals surface area contributed by atoms with Gasteiger partial charge in [0.05, 0.1) is 0 Å². The molecule has 0 amide bonds. The van der Waals surface area contributed by atoms with Crippen LogP contribution in [0.5, 0.6) is 0 Å². The number of hydrogen-bond donors (Lipinski definition) is 1. The van der Waals surface area contributed by atoms with E-state index in [1.165, 1.54) is 19.3 Å². The van der Waals surface area contributed by atoms with E-state index in [4.69, 9.17) is 5.11 Å². The van der Waals surface area contributed by atoms with Crippen molar-refractivity contribution in [1.82, 2.24) is 0 Å². The summed E-state index contributed by atoms with van der Waals surface area (Å²) in [5, 5.41) is 8.36. The molecule has 2 nitrogen and oxygen atoms in total. The van der Waals surface area contributed by atoms with E-state index in [0.29, 0.717) is 6.42 Å². The van der Waals surface area contributed by atoms with Gasteiger partial charge in [-0.2, -0.15) is 0 Å². The Labute approximate surface area is 88.0 Å². The van der Waals surface area contributed by atoms with Gasteiger partial charge in [0, 0.05) is 6.42 Å². The van der Waals surface area contributed by atoms with Crippen molar-refractivity contribution >= 4 is 5.97 Å². The maximum Gasteiger partial charge on any atom is 0.303 e. The van der Waals surface area contributed by atoms with E-state index in [0.717, 1.165) is 18.8 Å². The number of rotatable bonds is 7. The average Bonchev–Trinajstić information content (AvgIpc) is 2.13. The Bertz CT molecular complexity index is 130. The highest BCUT2D eigenvalue weighted by Gasteiger charge is 1.97. The minimum atomic E-state index is -0.668. The lowest BCUT2D eigenvalue weighted by molar-refractivity contribution is -0.137. The first-order valence-corrected chi connectivity index (χ1v) is 5.34. The Hall–Kier alpha value is -0.790. The highest BCUT2D eigenvalue weighted by molar-refractivity contribution is 5.66. The van der Waals surface area contributed by atoms with Crippen LogP contribution in [0.15, 0.2) is 13.2 Å². The number of carboxylic acid groups (broad SMARTS) is 1. The van der Waals surface area contributed by atoms with Crippen molar-refractivity contribution in [2.24, 2.45) is 5.92 Å². The molecule has 2 heteroatoms. The van der Waals surface area contributed by atoms with Gasteiger partial charge >= 0.3 is 5.97 Å². The molecule has 0 saturated heterocycles. The van der Waals surface area contributed by atoms with Crippen LogP contribution >= 0.6 is 0 Å². The van der Waals surface area contributed by atoms with Gasteiger partial charge in [-0.3, -0.25) is 4.79 Å². The van der Waals surface area contributed by atoms with E-state index < -0.39 is 5.97 Å². The van der Waals surface area contributed by atoms with E-state index in [2.05, 4.69) is 27.0 Å². The summed E-state index contributed by atoms with van der Waals surface area (Å²) in [5.74, 6) is 0.114. The molecular weight excluding hydrogens is 176 g/mol. The van der Waals surface area contributed by atoms with Gasteiger partial charge in [0.1, 0.15) is 0 Å². The molecule has 0 aromatic heterocycles. The highest BCUT2D eigenvalue weighted by Crippen LogP contribution is 2.10. The van der Waals surface area contributed by atoms with Crippen molar-refractivity contribution in [2.45, 2.75) is 52.4 Å². The summed E-state index contributed by atoms with van der Waals surface area (Å²) in [6.45, 7) is 10.4. The fraction of sp³-hybridized carbons (Fsp3) is 0.750. The van der Waals surface area contributed by atoms with Crippen molar-refractivity contribution in [1.29, 1.82) is 0 Å². The molecule has 0 fully saturated rings. The third-order valence-electron chi connectivity index (χ3n) is 1.92. The molecule has 0 radical (unpaired) electrons. The minimum absolute atomic E-state index is 0.335.